The molecule has 3 rings (SSSR count). The molecule has 2 aromatic rings. The number of alkyl halides is 6. The number of hydrogen-bond donors (Lipinski definition) is 1. The fourth-order valence-electron chi connectivity index (χ4n) is 3.34. The van der Waals surface area contributed by atoms with Gasteiger partial charge in [-0.05, 0) is 35.4 Å². The first-order valence-corrected chi connectivity index (χ1v) is 9.09. The Bertz CT molecular complexity index is 832. The van der Waals surface area contributed by atoms with Crippen LogP contribution in [0.4, 0.5) is 26.3 Å². The summed E-state index contributed by atoms with van der Waals surface area (Å²) in [6.07, 6.45) is -9.38. The first-order valence-electron chi connectivity index (χ1n) is 8.72. The molecule has 0 saturated carbocycles. The van der Waals surface area contributed by atoms with E-state index < -0.39 is 29.2 Å². The lowest BCUT2D eigenvalue weighted by atomic mass is 9.95. The average Bonchev–Trinajstić information content (AvgIpc) is 2.62. The van der Waals surface area contributed by atoms with Crippen LogP contribution in [0.5, 0.6) is 5.75 Å². The molecule has 3 nitrogen and oxygen atoms in total. The van der Waals surface area contributed by atoms with Gasteiger partial charge in [0.25, 0.3) is 0 Å². The molecule has 1 N–H and O–H groups in total. The summed E-state index contributed by atoms with van der Waals surface area (Å²) in [5.41, 5.74) is 0.211. The van der Waals surface area contributed by atoms with E-state index in [2.05, 4.69) is 10.1 Å². The number of hydrogen-bond acceptors (Lipinski definition) is 3. The minimum atomic E-state index is -4.81. The predicted molar refractivity (Wildman–Crippen MR) is 95.9 cm³/mol. The minimum absolute atomic E-state index is 0.370. The number of halogens is 7. The highest BCUT2D eigenvalue weighted by molar-refractivity contribution is 6.31. The van der Waals surface area contributed by atoms with Crippen molar-refractivity contribution >= 4 is 11.6 Å². The van der Waals surface area contributed by atoms with Crippen LogP contribution in [-0.4, -0.2) is 37.4 Å². The second-order valence-electron chi connectivity index (χ2n) is 6.54. The van der Waals surface area contributed by atoms with E-state index in [-0.39, 0.29) is 5.75 Å². The summed E-state index contributed by atoms with van der Waals surface area (Å²) in [4.78, 5) is 2.04. The molecule has 0 bridgehead atoms. The van der Waals surface area contributed by atoms with E-state index >= 15 is 0 Å². The van der Waals surface area contributed by atoms with Crippen LogP contribution < -0.4 is 10.1 Å². The van der Waals surface area contributed by atoms with Crippen LogP contribution in [-0.2, 0) is 6.18 Å². The lowest BCUT2D eigenvalue weighted by Gasteiger charge is -2.36. The summed E-state index contributed by atoms with van der Waals surface area (Å²) < 4.78 is 80.2. The van der Waals surface area contributed by atoms with E-state index in [0.717, 1.165) is 6.07 Å². The van der Waals surface area contributed by atoms with E-state index in [9.17, 15) is 26.3 Å². The summed E-state index contributed by atoms with van der Waals surface area (Å²) in [5.74, 6) is -0.370. The number of rotatable bonds is 4. The van der Waals surface area contributed by atoms with E-state index in [1.54, 1.807) is 0 Å². The van der Waals surface area contributed by atoms with Crippen LogP contribution in [0.1, 0.15) is 22.7 Å². The maximum atomic E-state index is 13.0. The first-order chi connectivity index (χ1) is 13.5. The van der Waals surface area contributed by atoms with E-state index in [4.69, 9.17) is 11.6 Å². The highest BCUT2D eigenvalue weighted by Gasteiger charge is 2.34. The first kappa shape index (κ1) is 21.7. The second-order valence-corrected chi connectivity index (χ2v) is 6.95. The Balaban J connectivity index is 1.96. The van der Waals surface area contributed by atoms with Gasteiger partial charge < -0.3 is 10.1 Å². The van der Waals surface area contributed by atoms with Crippen LogP contribution >= 0.6 is 11.6 Å². The van der Waals surface area contributed by atoms with Crippen LogP contribution in [0.15, 0.2) is 42.5 Å². The number of benzene rings is 2. The Kier molecular flexibility index (Phi) is 6.30. The number of ether oxygens (including phenoxy) is 1. The van der Waals surface area contributed by atoms with Crippen LogP contribution in [0.2, 0.25) is 5.02 Å². The standard InChI is InChI=1S/C19H17ClF6N2O/c20-16-11-13(3-6-15(16)18(21,22)23)17(28-9-7-27-8-10-28)12-1-4-14(5-2-12)29-19(24,25)26/h1-6,11,17,27H,7-10H2/t17-/m0/s1. The van der Waals surface area contributed by atoms with Gasteiger partial charge in [-0.2, -0.15) is 13.2 Å². The van der Waals surface area contributed by atoms with Crippen LogP contribution in [0.3, 0.4) is 0 Å². The zero-order valence-electron chi connectivity index (χ0n) is 14.9. The minimum Gasteiger partial charge on any atom is -0.406 e. The van der Waals surface area contributed by atoms with E-state index in [1.807, 2.05) is 4.90 Å². The summed E-state index contributed by atoms with van der Waals surface area (Å²) in [6.45, 7) is 2.59. The zero-order valence-corrected chi connectivity index (χ0v) is 15.7. The van der Waals surface area contributed by atoms with Crippen molar-refractivity contribution in [3.8, 4) is 5.75 Å². The van der Waals surface area contributed by atoms with E-state index in [0.29, 0.717) is 37.3 Å². The molecule has 158 valence electrons. The number of nitrogens with one attached hydrogen (secondary N) is 1. The number of piperazine rings is 1. The van der Waals surface area contributed by atoms with Gasteiger partial charge >= 0.3 is 12.5 Å². The maximum absolute atomic E-state index is 13.0. The van der Waals surface area contributed by atoms with Gasteiger partial charge in [0.15, 0.2) is 0 Å². The third-order valence-corrected chi connectivity index (χ3v) is 4.87. The van der Waals surface area contributed by atoms with Crippen LogP contribution in [0, 0.1) is 0 Å². The smallest absolute Gasteiger partial charge is 0.406 e. The lowest BCUT2D eigenvalue weighted by Crippen LogP contribution is -2.45. The van der Waals surface area contributed by atoms with Crippen molar-refractivity contribution in [1.82, 2.24) is 10.2 Å². The third kappa shape index (κ3) is 5.55. The second kappa shape index (κ2) is 8.41. The SMILES string of the molecule is FC(F)(F)Oc1ccc([C@@H](c2ccc(C(F)(F)F)c(Cl)c2)N2CCNCC2)cc1. The van der Waals surface area contributed by atoms with E-state index in [1.165, 1.54) is 36.4 Å². The molecule has 1 aliphatic heterocycles. The fourth-order valence-corrected chi connectivity index (χ4v) is 3.63. The monoisotopic (exact) mass is 438 g/mol. The maximum Gasteiger partial charge on any atom is 0.573 e. The van der Waals surface area contributed by atoms with Crippen molar-refractivity contribution in [3.63, 3.8) is 0 Å². The van der Waals surface area contributed by atoms with Gasteiger partial charge in [-0.15, -0.1) is 13.2 Å². The summed E-state index contributed by atoms with van der Waals surface area (Å²) in [5, 5.41) is 2.76. The summed E-state index contributed by atoms with van der Waals surface area (Å²) >= 11 is 5.89. The topological polar surface area (TPSA) is 24.5 Å². The highest BCUT2D eigenvalue weighted by atomic mass is 35.5. The molecule has 1 saturated heterocycles. The molecule has 1 fully saturated rings. The highest BCUT2D eigenvalue weighted by Crippen LogP contribution is 2.38. The molecule has 0 aromatic heterocycles. The Morgan fingerprint density at radius 2 is 1.48 bits per heavy atom. The predicted octanol–water partition coefficient (Wildman–Crippen LogP) is 5.25. The molecule has 0 radical (unpaired) electrons. The van der Waals surface area contributed by atoms with Gasteiger partial charge in [0.05, 0.1) is 16.6 Å². The van der Waals surface area contributed by atoms with Gasteiger partial charge in [-0.3, -0.25) is 4.90 Å². The van der Waals surface area contributed by atoms with Gasteiger partial charge in [-0.1, -0.05) is 29.8 Å². The molecule has 1 aliphatic rings. The quantitative estimate of drug-likeness (QED) is 0.660. The van der Waals surface area contributed by atoms with Crippen molar-refractivity contribution in [1.29, 1.82) is 0 Å². The van der Waals surface area contributed by atoms with Gasteiger partial charge in [0.1, 0.15) is 5.75 Å². The molecular weight excluding hydrogens is 422 g/mol. The summed E-state index contributed by atoms with van der Waals surface area (Å²) in [7, 11) is 0. The molecule has 0 unspecified atom stereocenters. The van der Waals surface area contributed by atoms with Crippen molar-refractivity contribution in [3.05, 3.63) is 64.2 Å². The Morgan fingerprint density at radius 1 is 0.897 bits per heavy atom. The van der Waals surface area contributed by atoms with Crippen molar-refractivity contribution in [2.45, 2.75) is 18.6 Å². The molecule has 10 heteroatoms. The van der Waals surface area contributed by atoms with Crippen LogP contribution in [0.25, 0.3) is 0 Å². The molecule has 1 heterocycles. The molecule has 2 aromatic carbocycles. The largest absolute Gasteiger partial charge is 0.573 e. The molecule has 1 atom stereocenters. The third-order valence-electron chi connectivity index (χ3n) is 4.56. The van der Waals surface area contributed by atoms with Crippen molar-refractivity contribution < 1.29 is 31.1 Å². The van der Waals surface area contributed by atoms with Gasteiger partial charge in [0.2, 0.25) is 0 Å². The Morgan fingerprint density at radius 3 is 2.00 bits per heavy atom. The lowest BCUT2D eigenvalue weighted by molar-refractivity contribution is -0.274. The molecule has 0 aliphatic carbocycles. The molecular formula is C19H17ClF6N2O. The Labute approximate surface area is 168 Å². The van der Waals surface area contributed by atoms with Crippen molar-refractivity contribution in [2.75, 3.05) is 26.2 Å². The summed E-state index contributed by atoms with van der Waals surface area (Å²) in [6, 6.07) is 8.38. The zero-order chi connectivity index (χ0) is 21.2. The van der Waals surface area contributed by atoms with Gasteiger partial charge in [0, 0.05) is 26.2 Å². The van der Waals surface area contributed by atoms with Gasteiger partial charge in [-0.25, -0.2) is 0 Å². The van der Waals surface area contributed by atoms with Crippen molar-refractivity contribution in [2.24, 2.45) is 0 Å². The number of nitrogens with zero attached hydrogens (tertiary/aromatic N) is 1. The molecule has 0 amide bonds. The molecule has 0 spiro atoms. The average molecular weight is 439 g/mol. The Hall–Kier alpha value is -1.97. The molecule has 29 heavy (non-hydrogen) atoms. The fraction of sp³-hybridized carbons (Fsp3) is 0.368. The normalized spacial score (nSPS) is 17.2.